The van der Waals surface area contributed by atoms with E-state index in [1.54, 1.807) is 6.20 Å². The van der Waals surface area contributed by atoms with Crippen molar-refractivity contribution in [3.63, 3.8) is 0 Å². The van der Waals surface area contributed by atoms with Crippen molar-refractivity contribution in [2.75, 3.05) is 0 Å². The zero-order valence-corrected chi connectivity index (χ0v) is 12.8. The van der Waals surface area contributed by atoms with Crippen LogP contribution in [0.2, 0.25) is 0 Å². The highest BCUT2D eigenvalue weighted by Crippen LogP contribution is 2.25. The van der Waals surface area contributed by atoms with E-state index >= 15 is 0 Å². The Kier molecular flexibility index (Phi) is 5.28. The summed E-state index contributed by atoms with van der Waals surface area (Å²) in [5, 5.41) is 9.45. The molecule has 21 heavy (non-hydrogen) atoms. The molecule has 0 radical (unpaired) electrons. The van der Waals surface area contributed by atoms with Crippen molar-refractivity contribution in [3.8, 4) is 11.5 Å². The lowest BCUT2D eigenvalue weighted by Crippen LogP contribution is -2.03. The summed E-state index contributed by atoms with van der Waals surface area (Å²) in [6, 6.07) is 7.98. The first-order valence-electron chi connectivity index (χ1n) is 7.37. The predicted molar refractivity (Wildman–Crippen MR) is 82.6 cm³/mol. The van der Waals surface area contributed by atoms with Gasteiger partial charge in [-0.25, -0.2) is 9.97 Å². The quantitative estimate of drug-likeness (QED) is 0.876. The highest BCUT2D eigenvalue weighted by atomic mass is 16.5. The molecule has 0 spiro atoms. The van der Waals surface area contributed by atoms with Crippen molar-refractivity contribution in [3.05, 3.63) is 47.5 Å². The molecule has 2 aromatic rings. The molecule has 4 heteroatoms. The van der Waals surface area contributed by atoms with E-state index in [9.17, 15) is 5.11 Å². The number of benzene rings is 1. The number of aromatic nitrogens is 2. The van der Waals surface area contributed by atoms with Crippen LogP contribution in [-0.4, -0.2) is 15.1 Å². The second kappa shape index (κ2) is 7.18. The smallest absolute Gasteiger partial charge is 0.169 e. The molecule has 0 unspecified atom stereocenters. The Labute approximate surface area is 125 Å². The van der Waals surface area contributed by atoms with E-state index in [0.717, 1.165) is 18.6 Å². The summed E-state index contributed by atoms with van der Waals surface area (Å²) < 4.78 is 5.78. The van der Waals surface area contributed by atoms with Gasteiger partial charge in [0.25, 0.3) is 0 Å². The molecule has 1 N–H and O–H groups in total. The number of aryl methyl sites for hydroxylation is 1. The largest absolute Gasteiger partial charge is 0.454 e. The SMILES string of the molecule is CCCc1ccc(Oc2cnc(C(C)C)nc2CO)cc1. The van der Waals surface area contributed by atoms with Gasteiger partial charge in [-0.05, 0) is 24.1 Å². The van der Waals surface area contributed by atoms with Crippen LogP contribution in [-0.2, 0) is 13.0 Å². The van der Waals surface area contributed by atoms with Crippen LogP contribution in [0, 0.1) is 0 Å². The lowest BCUT2D eigenvalue weighted by atomic mass is 10.1. The fraction of sp³-hybridized carbons (Fsp3) is 0.412. The van der Waals surface area contributed by atoms with E-state index in [2.05, 4.69) is 29.0 Å². The first kappa shape index (κ1) is 15.4. The highest BCUT2D eigenvalue weighted by molar-refractivity contribution is 5.34. The average molecular weight is 286 g/mol. The average Bonchev–Trinajstić information content (AvgIpc) is 2.49. The van der Waals surface area contributed by atoms with Gasteiger partial charge in [-0.15, -0.1) is 0 Å². The molecule has 0 aliphatic rings. The van der Waals surface area contributed by atoms with Gasteiger partial charge in [0.1, 0.15) is 17.3 Å². The fourth-order valence-corrected chi connectivity index (χ4v) is 2.04. The van der Waals surface area contributed by atoms with Gasteiger partial charge < -0.3 is 9.84 Å². The second-order valence-corrected chi connectivity index (χ2v) is 5.35. The van der Waals surface area contributed by atoms with Gasteiger partial charge in [-0.3, -0.25) is 0 Å². The number of hydrogen-bond donors (Lipinski definition) is 1. The van der Waals surface area contributed by atoms with E-state index in [-0.39, 0.29) is 12.5 Å². The van der Waals surface area contributed by atoms with Crippen molar-refractivity contribution < 1.29 is 9.84 Å². The van der Waals surface area contributed by atoms with E-state index in [1.807, 2.05) is 26.0 Å². The number of aliphatic hydroxyl groups excluding tert-OH is 1. The monoisotopic (exact) mass is 286 g/mol. The number of hydrogen-bond acceptors (Lipinski definition) is 4. The Morgan fingerprint density at radius 3 is 2.48 bits per heavy atom. The molecule has 1 aromatic carbocycles. The Hall–Kier alpha value is -1.94. The maximum atomic E-state index is 9.45. The molecule has 1 aromatic heterocycles. The van der Waals surface area contributed by atoms with Gasteiger partial charge in [0.15, 0.2) is 5.75 Å². The van der Waals surface area contributed by atoms with Gasteiger partial charge in [0.05, 0.1) is 12.8 Å². The van der Waals surface area contributed by atoms with Crippen LogP contribution in [0.25, 0.3) is 0 Å². The molecule has 4 nitrogen and oxygen atoms in total. The molecule has 0 bridgehead atoms. The minimum absolute atomic E-state index is 0.161. The van der Waals surface area contributed by atoms with Crippen LogP contribution in [0.1, 0.15) is 50.2 Å². The van der Waals surface area contributed by atoms with Crippen molar-refractivity contribution in [1.29, 1.82) is 0 Å². The lowest BCUT2D eigenvalue weighted by molar-refractivity contribution is 0.270. The fourth-order valence-electron chi connectivity index (χ4n) is 2.04. The molecule has 0 fully saturated rings. The Morgan fingerprint density at radius 1 is 1.19 bits per heavy atom. The van der Waals surface area contributed by atoms with E-state index in [4.69, 9.17) is 4.74 Å². The second-order valence-electron chi connectivity index (χ2n) is 5.35. The molecule has 0 saturated heterocycles. The third kappa shape index (κ3) is 4.02. The van der Waals surface area contributed by atoms with Crippen LogP contribution in [0.4, 0.5) is 0 Å². The van der Waals surface area contributed by atoms with Gasteiger partial charge in [0.2, 0.25) is 0 Å². The molecule has 112 valence electrons. The molecule has 0 aliphatic carbocycles. The molecular weight excluding hydrogens is 264 g/mol. The summed E-state index contributed by atoms with van der Waals surface area (Å²) in [6.07, 6.45) is 3.82. The summed E-state index contributed by atoms with van der Waals surface area (Å²) in [5.74, 6) is 2.16. The highest BCUT2D eigenvalue weighted by Gasteiger charge is 2.11. The number of rotatable bonds is 6. The van der Waals surface area contributed by atoms with Gasteiger partial charge in [-0.1, -0.05) is 39.3 Å². The van der Waals surface area contributed by atoms with E-state index < -0.39 is 0 Å². The van der Waals surface area contributed by atoms with Crippen molar-refractivity contribution in [2.24, 2.45) is 0 Å². The van der Waals surface area contributed by atoms with Crippen LogP contribution >= 0.6 is 0 Å². The molecular formula is C17H22N2O2. The van der Waals surface area contributed by atoms with Crippen LogP contribution in [0.15, 0.2) is 30.5 Å². The summed E-state index contributed by atoms with van der Waals surface area (Å²) >= 11 is 0. The van der Waals surface area contributed by atoms with Crippen LogP contribution in [0.5, 0.6) is 11.5 Å². The Bertz CT molecular complexity index is 580. The van der Waals surface area contributed by atoms with Crippen LogP contribution in [0.3, 0.4) is 0 Å². The zero-order valence-electron chi connectivity index (χ0n) is 12.8. The lowest BCUT2D eigenvalue weighted by Gasteiger charge is -2.11. The Morgan fingerprint density at radius 2 is 1.90 bits per heavy atom. The third-order valence-corrected chi connectivity index (χ3v) is 3.20. The number of nitrogens with zero attached hydrogens (tertiary/aromatic N) is 2. The normalized spacial score (nSPS) is 10.9. The van der Waals surface area contributed by atoms with Crippen molar-refractivity contribution >= 4 is 0 Å². The zero-order chi connectivity index (χ0) is 15.2. The number of ether oxygens (including phenoxy) is 1. The molecule has 2 rings (SSSR count). The maximum Gasteiger partial charge on any atom is 0.169 e. The predicted octanol–water partition coefficient (Wildman–Crippen LogP) is 3.84. The summed E-state index contributed by atoms with van der Waals surface area (Å²) in [6.45, 7) is 6.03. The first-order valence-corrected chi connectivity index (χ1v) is 7.37. The van der Waals surface area contributed by atoms with Gasteiger partial charge in [-0.2, -0.15) is 0 Å². The number of aliphatic hydroxyl groups is 1. The molecule has 0 aliphatic heterocycles. The minimum Gasteiger partial charge on any atom is -0.454 e. The van der Waals surface area contributed by atoms with Gasteiger partial charge in [0, 0.05) is 5.92 Å². The molecule has 0 amide bonds. The van der Waals surface area contributed by atoms with Gasteiger partial charge >= 0.3 is 0 Å². The molecule has 0 saturated carbocycles. The van der Waals surface area contributed by atoms with Crippen molar-refractivity contribution in [1.82, 2.24) is 9.97 Å². The molecule has 0 atom stereocenters. The third-order valence-electron chi connectivity index (χ3n) is 3.20. The summed E-state index contributed by atoms with van der Waals surface area (Å²) in [5.41, 5.74) is 1.81. The van der Waals surface area contributed by atoms with E-state index in [1.165, 1.54) is 5.56 Å². The topological polar surface area (TPSA) is 55.2 Å². The minimum atomic E-state index is -0.161. The van der Waals surface area contributed by atoms with Crippen LogP contribution < -0.4 is 4.74 Å². The summed E-state index contributed by atoms with van der Waals surface area (Å²) in [7, 11) is 0. The van der Waals surface area contributed by atoms with E-state index in [0.29, 0.717) is 17.3 Å². The van der Waals surface area contributed by atoms with Crippen molar-refractivity contribution in [2.45, 2.75) is 46.1 Å². The Balaban J connectivity index is 2.18. The summed E-state index contributed by atoms with van der Waals surface area (Å²) in [4.78, 5) is 8.63. The first-order chi connectivity index (χ1) is 10.1. The molecule has 1 heterocycles. The standard InChI is InChI=1S/C17H22N2O2/c1-4-5-13-6-8-14(9-7-13)21-16-10-18-17(12(2)3)19-15(16)11-20/h6-10,12,20H,4-5,11H2,1-3H3. The maximum absolute atomic E-state index is 9.45.